The van der Waals surface area contributed by atoms with E-state index in [4.69, 9.17) is 0 Å². The number of benzene rings is 1. The Kier molecular flexibility index (Phi) is 5.14. The van der Waals surface area contributed by atoms with Crippen molar-refractivity contribution in [1.82, 2.24) is 4.90 Å². The summed E-state index contributed by atoms with van der Waals surface area (Å²) in [7, 11) is 0. The molecule has 0 aromatic heterocycles. The maximum atomic E-state index is 12.4. The normalized spacial score (nSPS) is 17.8. The SMILES string of the molecule is CC(Sc1ccc(O)cc1)C(=O)N1CCCCCC1. The predicted molar refractivity (Wildman–Crippen MR) is 78.5 cm³/mol. The fourth-order valence-corrected chi connectivity index (χ4v) is 3.28. The minimum absolute atomic E-state index is 0.0670. The van der Waals surface area contributed by atoms with E-state index in [0.717, 1.165) is 30.8 Å². The first-order valence-corrected chi connectivity index (χ1v) is 7.79. The van der Waals surface area contributed by atoms with Gasteiger partial charge >= 0.3 is 0 Å². The van der Waals surface area contributed by atoms with Crippen molar-refractivity contribution in [2.24, 2.45) is 0 Å². The van der Waals surface area contributed by atoms with E-state index in [1.165, 1.54) is 12.8 Å². The van der Waals surface area contributed by atoms with Gasteiger partial charge in [0.1, 0.15) is 5.75 Å². The Morgan fingerprint density at radius 1 is 1.16 bits per heavy atom. The number of thioether (sulfide) groups is 1. The summed E-state index contributed by atoms with van der Waals surface area (Å²) in [5.41, 5.74) is 0. The number of rotatable bonds is 3. The number of aromatic hydroxyl groups is 1. The van der Waals surface area contributed by atoms with Gasteiger partial charge in [-0.15, -0.1) is 11.8 Å². The molecule has 2 rings (SSSR count). The largest absolute Gasteiger partial charge is 0.508 e. The lowest BCUT2D eigenvalue weighted by molar-refractivity contribution is -0.130. The molecule has 1 heterocycles. The summed E-state index contributed by atoms with van der Waals surface area (Å²) < 4.78 is 0. The van der Waals surface area contributed by atoms with Crippen molar-refractivity contribution in [1.29, 1.82) is 0 Å². The standard InChI is InChI=1S/C15H21NO2S/c1-12(19-14-8-6-13(17)7-9-14)15(18)16-10-4-2-3-5-11-16/h6-9,12,17H,2-5,10-11H2,1H3. The van der Waals surface area contributed by atoms with Crippen molar-refractivity contribution in [3.63, 3.8) is 0 Å². The molecule has 0 saturated carbocycles. The van der Waals surface area contributed by atoms with Gasteiger partial charge < -0.3 is 10.0 Å². The molecule has 1 aromatic rings. The molecule has 0 spiro atoms. The van der Waals surface area contributed by atoms with Crippen molar-refractivity contribution in [3.8, 4) is 5.75 Å². The lowest BCUT2D eigenvalue weighted by atomic mass is 10.2. The van der Waals surface area contributed by atoms with Crippen molar-refractivity contribution in [2.45, 2.75) is 42.8 Å². The van der Waals surface area contributed by atoms with Gasteiger partial charge in [0.15, 0.2) is 0 Å². The van der Waals surface area contributed by atoms with Crippen LogP contribution >= 0.6 is 11.8 Å². The number of phenols is 1. The van der Waals surface area contributed by atoms with E-state index in [1.807, 2.05) is 24.0 Å². The molecule has 1 aromatic carbocycles. The molecule has 1 N–H and O–H groups in total. The Morgan fingerprint density at radius 2 is 1.74 bits per heavy atom. The summed E-state index contributed by atoms with van der Waals surface area (Å²) in [4.78, 5) is 15.4. The van der Waals surface area contributed by atoms with Crippen LogP contribution in [0.5, 0.6) is 5.75 Å². The van der Waals surface area contributed by atoms with E-state index in [0.29, 0.717) is 0 Å². The zero-order chi connectivity index (χ0) is 13.7. The predicted octanol–water partition coefficient (Wildman–Crippen LogP) is 3.28. The highest BCUT2D eigenvalue weighted by Crippen LogP contribution is 2.26. The first-order valence-electron chi connectivity index (χ1n) is 6.91. The minimum Gasteiger partial charge on any atom is -0.508 e. The number of nitrogens with zero attached hydrogens (tertiary/aromatic N) is 1. The summed E-state index contributed by atoms with van der Waals surface area (Å²) in [6.45, 7) is 3.77. The zero-order valence-electron chi connectivity index (χ0n) is 11.3. The number of carbonyl (C=O) groups is 1. The Morgan fingerprint density at radius 3 is 2.32 bits per heavy atom. The van der Waals surface area contributed by atoms with Crippen molar-refractivity contribution < 1.29 is 9.90 Å². The van der Waals surface area contributed by atoms with Crippen LogP contribution in [0.4, 0.5) is 0 Å². The van der Waals surface area contributed by atoms with Gasteiger partial charge in [0, 0.05) is 18.0 Å². The van der Waals surface area contributed by atoms with E-state index in [-0.39, 0.29) is 16.9 Å². The zero-order valence-corrected chi connectivity index (χ0v) is 12.2. The molecule has 1 fully saturated rings. The van der Waals surface area contributed by atoms with Crippen LogP contribution in [-0.4, -0.2) is 34.3 Å². The average molecular weight is 279 g/mol. The number of likely N-dealkylation sites (tertiary alicyclic amines) is 1. The summed E-state index contributed by atoms with van der Waals surface area (Å²) >= 11 is 1.56. The summed E-state index contributed by atoms with van der Waals surface area (Å²) in [6, 6.07) is 7.02. The van der Waals surface area contributed by atoms with Gasteiger partial charge in [-0.05, 0) is 44.0 Å². The maximum Gasteiger partial charge on any atom is 0.235 e. The summed E-state index contributed by atoms with van der Waals surface area (Å²) in [5, 5.41) is 9.18. The van der Waals surface area contributed by atoms with Gasteiger partial charge in [-0.1, -0.05) is 12.8 Å². The van der Waals surface area contributed by atoms with Crippen LogP contribution in [0.25, 0.3) is 0 Å². The third-order valence-corrected chi connectivity index (χ3v) is 4.51. The Balaban J connectivity index is 1.92. The summed E-state index contributed by atoms with van der Waals surface area (Å²) in [6.07, 6.45) is 4.73. The average Bonchev–Trinajstić information content (AvgIpc) is 2.69. The maximum absolute atomic E-state index is 12.4. The molecule has 4 heteroatoms. The highest BCUT2D eigenvalue weighted by Gasteiger charge is 2.22. The molecule has 1 atom stereocenters. The van der Waals surface area contributed by atoms with Crippen LogP contribution in [-0.2, 0) is 4.79 Å². The van der Waals surface area contributed by atoms with Gasteiger partial charge in [-0.2, -0.15) is 0 Å². The molecule has 1 aliphatic heterocycles. The van der Waals surface area contributed by atoms with E-state index < -0.39 is 0 Å². The quantitative estimate of drug-likeness (QED) is 0.863. The first-order chi connectivity index (χ1) is 9.16. The Hall–Kier alpha value is -1.16. The molecular weight excluding hydrogens is 258 g/mol. The van der Waals surface area contributed by atoms with Gasteiger partial charge in [-0.3, -0.25) is 4.79 Å². The van der Waals surface area contributed by atoms with Crippen LogP contribution in [0.15, 0.2) is 29.2 Å². The molecule has 0 aliphatic carbocycles. The fourth-order valence-electron chi connectivity index (χ4n) is 2.33. The molecule has 1 amide bonds. The number of carbonyl (C=O) groups excluding carboxylic acids is 1. The van der Waals surface area contributed by atoms with Gasteiger partial charge in [0.05, 0.1) is 5.25 Å². The van der Waals surface area contributed by atoms with E-state index in [1.54, 1.807) is 23.9 Å². The molecular formula is C15H21NO2S. The van der Waals surface area contributed by atoms with Crippen LogP contribution < -0.4 is 0 Å². The van der Waals surface area contributed by atoms with Crippen LogP contribution in [0, 0.1) is 0 Å². The molecule has 3 nitrogen and oxygen atoms in total. The Labute approximate surface area is 119 Å². The highest BCUT2D eigenvalue weighted by atomic mass is 32.2. The second-order valence-electron chi connectivity index (χ2n) is 4.99. The smallest absolute Gasteiger partial charge is 0.235 e. The number of hydrogen-bond acceptors (Lipinski definition) is 3. The number of amides is 1. The second-order valence-corrected chi connectivity index (χ2v) is 6.41. The van der Waals surface area contributed by atoms with Crippen LogP contribution in [0.2, 0.25) is 0 Å². The molecule has 1 unspecified atom stereocenters. The Bertz CT molecular complexity index is 411. The fraction of sp³-hybridized carbons (Fsp3) is 0.533. The molecule has 0 radical (unpaired) electrons. The molecule has 1 saturated heterocycles. The second kappa shape index (κ2) is 6.85. The van der Waals surface area contributed by atoms with Crippen LogP contribution in [0.1, 0.15) is 32.6 Å². The lowest BCUT2D eigenvalue weighted by Gasteiger charge is -2.23. The van der Waals surface area contributed by atoms with Gasteiger partial charge in [0.25, 0.3) is 0 Å². The van der Waals surface area contributed by atoms with Crippen molar-refractivity contribution in [2.75, 3.05) is 13.1 Å². The number of phenolic OH excluding ortho intramolecular Hbond substituents is 1. The third kappa shape index (κ3) is 4.16. The third-order valence-electron chi connectivity index (χ3n) is 3.42. The van der Waals surface area contributed by atoms with E-state index in [2.05, 4.69) is 0 Å². The lowest BCUT2D eigenvalue weighted by Crippen LogP contribution is -2.37. The van der Waals surface area contributed by atoms with Crippen molar-refractivity contribution in [3.05, 3.63) is 24.3 Å². The first kappa shape index (κ1) is 14.3. The van der Waals surface area contributed by atoms with Crippen LogP contribution in [0.3, 0.4) is 0 Å². The molecule has 19 heavy (non-hydrogen) atoms. The van der Waals surface area contributed by atoms with E-state index in [9.17, 15) is 9.90 Å². The van der Waals surface area contributed by atoms with Crippen molar-refractivity contribution >= 4 is 17.7 Å². The highest BCUT2D eigenvalue weighted by molar-refractivity contribution is 8.00. The monoisotopic (exact) mass is 279 g/mol. The molecule has 104 valence electrons. The van der Waals surface area contributed by atoms with Gasteiger partial charge in [0.2, 0.25) is 5.91 Å². The summed E-state index contributed by atoms with van der Waals surface area (Å²) in [5.74, 6) is 0.496. The van der Waals surface area contributed by atoms with E-state index >= 15 is 0 Å². The molecule has 0 bridgehead atoms. The topological polar surface area (TPSA) is 40.5 Å². The minimum atomic E-state index is -0.0670. The molecule has 1 aliphatic rings. The number of hydrogen-bond donors (Lipinski definition) is 1. The van der Waals surface area contributed by atoms with Gasteiger partial charge in [-0.25, -0.2) is 0 Å².